The highest BCUT2D eigenvalue weighted by Gasteiger charge is 2.32. The highest BCUT2D eigenvalue weighted by Crippen LogP contribution is 2.24. The van der Waals surface area contributed by atoms with Crippen molar-refractivity contribution in [2.45, 2.75) is 39.5 Å². The number of piperidine rings is 2. The largest absolute Gasteiger partial charge is 0.342 e. The van der Waals surface area contributed by atoms with E-state index in [1.165, 1.54) is 6.42 Å². The standard InChI is InChI=1S/C16H29N3O2/c1-12-4-3-7-19(11-12)16(21)14-5-8-18(9-6-14)15(20)13(2)10-17/h12-14H,3-11,17H2,1-2H3. The molecular formula is C16H29N3O2. The number of carbonyl (C=O) groups excluding carboxylic acids is 2. The second-order valence-corrected chi connectivity index (χ2v) is 6.77. The molecule has 0 aromatic rings. The molecule has 2 rings (SSSR count). The zero-order valence-electron chi connectivity index (χ0n) is 13.4. The maximum Gasteiger partial charge on any atom is 0.226 e. The quantitative estimate of drug-likeness (QED) is 0.847. The normalized spacial score (nSPS) is 25.8. The van der Waals surface area contributed by atoms with E-state index in [2.05, 4.69) is 6.92 Å². The molecule has 21 heavy (non-hydrogen) atoms. The zero-order chi connectivity index (χ0) is 15.4. The lowest BCUT2D eigenvalue weighted by Gasteiger charge is -2.37. The van der Waals surface area contributed by atoms with Crippen LogP contribution >= 0.6 is 0 Å². The molecule has 2 atom stereocenters. The zero-order valence-corrected chi connectivity index (χ0v) is 13.4. The highest BCUT2D eigenvalue weighted by molar-refractivity contribution is 5.81. The highest BCUT2D eigenvalue weighted by atomic mass is 16.2. The average molecular weight is 295 g/mol. The first-order chi connectivity index (χ1) is 10.0. The molecule has 0 bridgehead atoms. The second kappa shape index (κ2) is 7.25. The Morgan fingerprint density at radius 3 is 2.38 bits per heavy atom. The van der Waals surface area contributed by atoms with E-state index in [1.807, 2.05) is 16.7 Å². The van der Waals surface area contributed by atoms with Gasteiger partial charge < -0.3 is 15.5 Å². The minimum atomic E-state index is -0.111. The summed E-state index contributed by atoms with van der Waals surface area (Å²) in [5, 5.41) is 0. The van der Waals surface area contributed by atoms with Crippen molar-refractivity contribution in [2.24, 2.45) is 23.5 Å². The van der Waals surface area contributed by atoms with Crippen LogP contribution in [-0.2, 0) is 9.59 Å². The van der Waals surface area contributed by atoms with Gasteiger partial charge in [0.2, 0.25) is 11.8 Å². The molecule has 0 aromatic heterocycles. The Kier molecular flexibility index (Phi) is 5.62. The van der Waals surface area contributed by atoms with Gasteiger partial charge in [0.05, 0.1) is 0 Å². The van der Waals surface area contributed by atoms with Crippen molar-refractivity contribution in [3.63, 3.8) is 0 Å². The number of amides is 2. The minimum absolute atomic E-state index is 0.104. The van der Waals surface area contributed by atoms with Crippen LogP contribution in [0.4, 0.5) is 0 Å². The molecule has 0 spiro atoms. The molecule has 2 saturated heterocycles. The third kappa shape index (κ3) is 3.96. The van der Waals surface area contributed by atoms with Gasteiger partial charge >= 0.3 is 0 Å². The van der Waals surface area contributed by atoms with Crippen LogP contribution < -0.4 is 5.73 Å². The summed E-state index contributed by atoms with van der Waals surface area (Å²) in [5.41, 5.74) is 5.56. The van der Waals surface area contributed by atoms with E-state index < -0.39 is 0 Å². The van der Waals surface area contributed by atoms with E-state index in [0.29, 0.717) is 31.5 Å². The van der Waals surface area contributed by atoms with E-state index >= 15 is 0 Å². The number of hydrogen-bond acceptors (Lipinski definition) is 3. The van der Waals surface area contributed by atoms with Crippen LogP contribution in [-0.4, -0.2) is 54.3 Å². The molecule has 2 N–H and O–H groups in total. The Hall–Kier alpha value is -1.10. The van der Waals surface area contributed by atoms with Crippen molar-refractivity contribution in [3.05, 3.63) is 0 Å². The number of rotatable bonds is 3. The summed E-state index contributed by atoms with van der Waals surface area (Å²) in [6.07, 6.45) is 3.95. The average Bonchev–Trinajstić information content (AvgIpc) is 2.53. The fraction of sp³-hybridized carbons (Fsp3) is 0.875. The lowest BCUT2D eigenvalue weighted by atomic mass is 9.92. The predicted molar refractivity (Wildman–Crippen MR) is 82.5 cm³/mol. The maximum atomic E-state index is 12.6. The molecular weight excluding hydrogens is 266 g/mol. The number of nitrogens with zero attached hydrogens (tertiary/aromatic N) is 2. The van der Waals surface area contributed by atoms with Crippen molar-refractivity contribution in [3.8, 4) is 0 Å². The summed E-state index contributed by atoms with van der Waals surface area (Å²) in [6.45, 7) is 7.69. The van der Waals surface area contributed by atoms with Crippen LogP contribution in [0.3, 0.4) is 0 Å². The number of hydrogen-bond donors (Lipinski definition) is 1. The van der Waals surface area contributed by atoms with Crippen LogP contribution in [0.25, 0.3) is 0 Å². The van der Waals surface area contributed by atoms with Crippen molar-refractivity contribution in [1.29, 1.82) is 0 Å². The lowest BCUT2D eigenvalue weighted by molar-refractivity contribution is -0.143. The molecule has 0 aliphatic carbocycles. The molecule has 2 aliphatic heterocycles. The van der Waals surface area contributed by atoms with Gasteiger partial charge in [-0.2, -0.15) is 0 Å². The van der Waals surface area contributed by atoms with Crippen LogP contribution in [0, 0.1) is 17.8 Å². The monoisotopic (exact) mass is 295 g/mol. The Bertz CT molecular complexity index is 378. The van der Waals surface area contributed by atoms with Crippen molar-refractivity contribution in [1.82, 2.24) is 9.80 Å². The first-order valence-electron chi connectivity index (χ1n) is 8.30. The van der Waals surface area contributed by atoms with Gasteiger partial charge in [-0.05, 0) is 31.6 Å². The van der Waals surface area contributed by atoms with Crippen LogP contribution in [0.5, 0.6) is 0 Å². The Morgan fingerprint density at radius 2 is 1.81 bits per heavy atom. The van der Waals surface area contributed by atoms with Gasteiger partial charge in [-0.15, -0.1) is 0 Å². The van der Waals surface area contributed by atoms with Gasteiger partial charge in [0, 0.05) is 44.6 Å². The summed E-state index contributed by atoms with van der Waals surface area (Å²) >= 11 is 0. The fourth-order valence-corrected chi connectivity index (χ4v) is 3.41. The van der Waals surface area contributed by atoms with Crippen molar-refractivity contribution < 1.29 is 9.59 Å². The van der Waals surface area contributed by atoms with Gasteiger partial charge in [0.15, 0.2) is 0 Å². The molecule has 0 saturated carbocycles. The molecule has 5 nitrogen and oxygen atoms in total. The summed E-state index contributed by atoms with van der Waals surface area (Å²) in [4.78, 5) is 28.6. The van der Waals surface area contributed by atoms with Crippen LogP contribution in [0.15, 0.2) is 0 Å². The summed E-state index contributed by atoms with van der Waals surface area (Å²) in [5.74, 6) is 1.05. The van der Waals surface area contributed by atoms with E-state index in [0.717, 1.165) is 32.4 Å². The molecule has 2 heterocycles. The SMILES string of the molecule is CC1CCCN(C(=O)C2CCN(C(=O)C(C)CN)CC2)C1. The van der Waals surface area contributed by atoms with E-state index in [-0.39, 0.29) is 17.7 Å². The molecule has 2 unspecified atom stereocenters. The van der Waals surface area contributed by atoms with Crippen molar-refractivity contribution in [2.75, 3.05) is 32.7 Å². The number of carbonyl (C=O) groups is 2. The minimum Gasteiger partial charge on any atom is -0.342 e. The van der Waals surface area contributed by atoms with Gasteiger partial charge in [0.25, 0.3) is 0 Å². The Balaban J connectivity index is 1.83. The Morgan fingerprint density at radius 1 is 1.14 bits per heavy atom. The van der Waals surface area contributed by atoms with Crippen molar-refractivity contribution >= 4 is 11.8 Å². The third-order valence-electron chi connectivity index (χ3n) is 4.90. The van der Waals surface area contributed by atoms with Gasteiger partial charge in [-0.3, -0.25) is 9.59 Å². The smallest absolute Gasteiger partial charge is 0.226 e. The molecule has 5 heteroatoms. The lowest BCUT2D eigenvalue weighted by Crippen LogP contribution is -2.48. The van der Waals surface area contributed by atoms with E-state index in [1.54, 1.807) is 0 Å². The summed E-state index contributed by atoms with van der Waals surface area (Å²) in [7, 11) is 0. The molecule has 2 aliphatic rings. The molecule has 2 amide bonds. The first kappa shape index (κ1) is 16.3. The first-order valence-corrected chi connectivity index (χ1v) is 8.30. The predicted octanol–water partition coefficient (Wildman–Crippen LogP) is 1.08. The van der Waals surface area contributed by atoms with Gasteiger partial charge in [-0.25, -0.2) is 0 Å². The van der Waals surface area contributed by atoms with Crippen LogP contribution in [0.1, 0.15) is 39.5 Å². The fourth-order valence-electron chi connectivity index (χ4n) is 3.41. The number of likely N-dealkylation sites (tertiary alicyclic amines) is 2. The summed E-state index contributed by atoms with van der Waals surface area (Å²) in [6, 6.07) is 0. The third-order valence-corrected chi connectivity index (χ3v) is 4.90. The van der Waals surface area contributed by atoms with E-state index in [9.17, 15) is 9.59 Å². The maximum absolute atomic E-state index is 12.6. The van der Waals surface area contributed by atoms with E-state index in [4.69, 9.17) is 5.73 Å². The molecule has 2 fully saturated rings. The number of nitrogens with two attached hydrogens (primary N) is 1. The molecule has 120 valence electrons. The second-order valence-electron chi connectivity index (χ2n) is 6.77. The van der Waals surface area contributed by atoms with Crippen LogP contribution in [0.2, 0.25) is 0 Å². The Labute approximate surface area is 127 Å². The summed E-state index contributed by atoms with van der Waals surface area (Å²) < 4.78 is 0. The van der Waals surface area contributed by atoms with Gasteiger partial charge in [0.1, 0.15) is 0 Å². The molecule has 0 aromatic carbocycles. The topological polar surface area (TPSA) is 66.6 Å². The molecule has 0 radical (unpaired) electrons. The van der Waals surface area contributed by atoms with Gasteiger partial charge in [-0.1, -0.05) is 13.8 Å².